The van der Waals surface area contributed by atoms with Crippen molar-refractivity contribution in [3.8, 4) is 5.88 Å². The maximum atomic E-state index is 13.1. The van der Waals surface area contributed by atoms with E-state index in [4.69, 9.17) is 14.2 Å². The van der Waals surface area contributed by atoms with Gasteiger partial charge >= 0.3 is 0 Å². The van der Waals surface area contributed by atoms with Gasteiger partial charge < -0.3 is 19.1 Å². The van der Waals surface area contributed by atoms with Gasteiger partial charge in [0.25, 0.3) is 5.91 Å². The first-order chi connectivity index (χ1) is 13.7. The van der Waals surface area contributed by atoms with Gasteiger partial charge in [-0.2, -0.15) is 0 Å². The zero-order chi connectivity index (χ0) is 19.1. The van der Waals surface area contributed by atoms with Gasteiger partial charge in [0.15, 0.2) is 5.60 Å². The zero-order valence-electron chi connectivity index (χ0n) is 15.7. The number of fused-ring (bicyclic) bond motifs is 1. The molecule has 2 aliphatic heterocycles. The monoisotopic (exact) mass is 382 g/mol. The molecule has 2 aromatic rings. The van der Waals surface area contributed by atoms with Crippen LogP contribution in [0.3, 0.4) is 0 Å². The van der Waals surface area contributed by atoms with Crippen molar-refractivity contribution < 1.29 is 19.0 Å². The van der Waals surface area contributed by atoms with Gasteiger partial charge in [-0.1, -0.05) is 0 Å². The molecule has 2 aromatic heterocycles. The van der Waals surface area contributed by atoms with E-state index in [1.807, 2.05) is 17.0 Å². The number of nitrogens with zero attached hydrogens (tertiary/aromatic N) is 4. The molecule has 3 fully saturated rings. The molecular weight excluding hydrogens is 360 g/mol. The Balaban J connectivity index is 1.20. The predicted octanol–water partition coefficient (Wildman–Crippen LogP) is 2.02. The van der Waals surface area contributed by atoms with Gasteiger partial charge in [-0.05, 0) is 24.5 Å². The summed E-state index contributed by atoms with van der Waals surface area (Å²) in [6, 6.07) is 3.70. The van der Waals surface area contributed by atoms with E-state index in [0.717, 1.165) is 24.1 Å². The normalized spacial score (nSPS) is 31.1. The highest BCUT2D eigenvalue weighted by molar-refractivity contribution is 5.89. The van der Waals surface area contributed by atoms with Crippen molar-refractivity contribution in [2.45, 2.75) is 56.3 Å². The van der Waals surface area contributed by atoms with Gasteiger partial charge in [0, 0.05) is 37.5 Å². The van der Waals surface area contributed by atoms with Crippen LogP contribution < -0.4 is 4.74 Å². The molecule has 8 nitrogen and oxygen atoms in total. The van der Waals surface area contributed by atoms with E-state index >= 15 is 0 Å². The maximum absolute atomic E-state index is 13.1. The number of hydrogen-bond acceptors (Lipinski definition) is 7. The molecule has 2 saturated heterocycles. The average molecular weight is 382 g/mol. The largest absolute Gasteiger partial charge is 0.481 e. The number of methoxy groups -OCH3 is 1. The summed E-state index contributed by atoms with van der Waals surface area (Å²) in [6.45, 7) is 0.460. The molecule has 4 heterocycles. The van der Waals surface area contributed by atoms with Crippen LogP contribution in [0, 0.1) is 0 Å². The highest BCUT2D eigenvalue weighted by Gasteiger charge is 2.63. The van der Waals surface area contributed by atoms with Crippen LogP contribution in [0.5, 0.6) is 5.88 Å². The van der Waals surface area contributed by atoms with Crippen LogP contribution in [-0.2, 0) is 20.9 Å². The summed E-state index contributed by atoms with van der Waals surface area (Å²) in [5.41, 5.74) is 1.08. The van der Waals surface area contributed by atoms with Crippen LogP contribution in [0.4, 0.5) is 0 Å². The van der Waals surface area contributed by atoms with Crippen LogP contribution in [0.25, 0.3) is 0 Å². The lowest BCUT2D eigenvalue weighted by Gasteiger charge is -2.42. The van der Waals surface area contributed by atoms with E-state index in [2.05, 4.69) is 15.0 Å². The third kappa shape index (κ3) is 2.84. The predicted molar refractivity (Wildman–Crippen MR) is 97.1 cm³/mol. The minimum atomic E-state index is -0.728. The molecule has 146 valence electrons. The summed E-state index contributed by atoms with van der Waals surface area (Å²) in [7, 11) is 1.59. The van der Waals surface area contributed by atoms with E-state index in [9.17, 15) is 4.79 Å². The summed E-state index contributed by atoms with van der Waals surface area (Å²) in [4.78, 5) is 27.7. The first-order valence-corrected chi connectivity index (χ1v) is 9.55. The number of aromatic nitrogens is 3. The third-order valence-electron chi connectivity index (χ3n) is 5.85. The number of rotatable bonds is 5. The number of carbonyl (C=O) groups excluding carboxylic acids is 1. The molecule has 1 saturated carbocycles. The molecular formula is C20H22N4O4. The minimum Gasteiger partial charge on any atom is -0.481 e. The van der Waals surface area contributed by atoms with Gasteiger partial charge in [-0.3, -0.25) is 14.8 Å². The number of ether oxygens (including phenoxy) is 3. The van der Waals surface area contributed by atoms with E-state index < -0.39 is 5.60 Å². The average Bonchev–Trinajstić information content (AvgIpc) is 3.25. The highest BCUT2D eigenvalue weighted by Crippen LogP contribution is 2.51. The molecule has 28 heavy (non-hydrogen) atoms. The summed E-state index contributed by atoms with van der Waals surface area (Å²) in [5.74, 6) is 0.645. The standard InChI is InChI=1S/C20H22N4O4/c1-26-17-4-2-13(10-23-17)12-27-14-8-20(9-14)19(25)24-16(3-5-18(24)28-20)15-11-21-6-7-22-15/h2,4,6-7,10-11,14,16,18H,3,5,8-9,12H2,1H3/t14?,16-,18?,20?/m0/s1. The van der Waals surface area contributed by atoms with E-state index in [1.165, 1.54) is 0 Å². The van der Waals surface area contributed by atoms with Crippen molar-refractivity contribution in [3.05, 3.63) is 48.2 Å². The van der Waals surface area contributed by atoms with E-state index in [1.54, 1.807) is 31.9 Å². The zero-order valence-corrected chi connectivity index (χ0v) is 15.7. The lowest BCUT2D eigenvalue weighted by atomic mass is 9.76. The molecule has 5 rings (SSSR count). The Morgan fingerprint density at radius 3 is 2.82 bits per heavy atom. The smallest absolute Gasteiger partial charge is 0.257 e. The van der Waals surface area contributed by atoms with Crippen molar-refractivity contribution in [1.82, 2.24) is 19.9 Å². The van der Waals surface area contributed by atoms with Crippen molar-refractivity contribution >= 4 is 5.91 Å². The summed E-state index contributed by atoms with van der Waals surface area (Å²) >= 11 is 0. The fourth-order valence-corrected chi connectivity index (χ4v) is 4.38. The Kier molecular flexibility index (Phi) is 4.25. The van der Waals surface area contributed by atoms with Gasteiger partial charge in [0.2, 0.25) is 5.88 Å². The first-order valence-electron chi connectivity index (χ1n) is 9.55. The van der Waals surface area contributed by atoms with Gasteiger partial charge in [0.1, 0.15) is 6.23 Å². The number of amides is 1. The molecule has 3 aliphatic rings. The van der Waals surface area contributed by atoms with Gasteiger partial charge in [-0.15, -0.1) is 0 Å². The third-order valence-corrected chi connectivity index (χ3v) is 5.85. The number of pyridine rings is 1. The Morgan fingerprint density at radius 2 is 2.11 bits per heavy atom. The Labute approximate surface area is 162 Å². The van der Waals surface area contributed by atoms with Crippen LogP contribution in [-0.4, -0.2) is 50.8 Å². The fourth-order valence-electron chi connectivity index (χ4n) is 4.38. The second-order valence-electron chi connectivity index (χ2n) is 7.55. The molecule has 1 spiro atoms. The quantitative estimate of drug-likeness (QED) is 0.782. The molecule has 2 atom stereocenters. The molecule has 0 N–H and O–H groups in total. The Hall–Kier alpha value is -2.58. The number of hydrogen-bond donors (Lipinski definition) is 0. The first kappa shape index (κ1) is 17.5. The molecule has 1 aliphatic carbocycles. The summed E-state index contributed by atoms with van der Waals surface area (Å²) in [5, 5.41) is 0. The second kappa shape index (κ2) is 6.79. The second-order valence-corrected chi connectivity index (χ2v) is 7.55. The summed E-state index contributed by atoms with van der Waals surface area (Å²) in [6.07, 6.45) is 9.52. The van der Waals surface area contributed by atoms with Gasteiger partial charge in [0.05, 0.1) is 37.8 Å². The van der Waals surface area contributed by atoms with Gasteiger partial charge in [-0.25, -0.2) is 4.98 Å². The lowest BCUT2D eigenvalue weighted by Crippen LogP contribution is -2.54. The van der Waals surface area contributed by atoms with Crippen LogP contribution in [0.1, 0.15) is 43.0 Å². The molecule has 0 bridgehead atoms. The molecule has 1 amide bonds. The van der Waals surface area contributed by atoms with Crippen LogP contribution in [0.15, 0.2) is 36.9 Å². The lowest BCUT2D eigenvalue weighted by molar-refractivity contribution is -0.177. The topological polar surface area (TPSA) is 86.7 Å². The van der Waals surface area contributed by atoms with Crippen molar-refractivity contribution in [2.24, 2.45) is 0 Å². The van der Waals surface area contributed by atoms with E-state index in [-0.39, 0.29) is 24.3 Å². The Morgan fingerprint density at radius 1 is 1.21 bits per heavy atom. The minimum absolute atomic E-state index is 0.0149. The summed E-state index contributed by atoms with van der Waals surface area (Å²) < 4.78 is 17.2. The molecule has 0 radical (unpaired) electrons. The van der Waals surface area contributed by atoms with Crippen molar-refractivity contribution in [3.63, 3.8) is 0 Å². The molecule has 0 aromatic carbocycles. The van der Waals surface area contributed by atoms with Crippen LogP contribution in [0.2, 0.25) is 0 Å². The van der Waals surface area contributed by atoms with Crippen LogP contribution >= 0.6 is 0 Å². The Bertz CT molecular complexity index is 854. The van der Waals surface area contributed by atoms with Crippen molar-refractivity contribution in [1.29, 1.82) is 0 Å². The van der Waals surface area contributed by atoms with E-state index in [0.29, 0.717) is 25.3 Å². The SMILES string of the molecule is COc1ccc(COC2CC3(C2)OC2CC[C@@H](c4cnccn4)N2C3=O)cn1. The molecule has 8 heteroatoms. The van der Waals surface area contributed by atoms with Crippen molar-refractivity contribution in [2.75, 3.05) is 7.11 Å². The highest BCUT2D eigenvalue weighted by atomic mass is 16.6. The molecule has 1 unspecified atom stereocenters. The fraction of sp³-hybridized carbons (Fsp3) is 0.500. The maximum Gasteiger partial charge on any atom is 0.257 e. The number of carbonyl (C=O) groups is 1.